The van der Waals surface area contributed by atoms with Gasteiger partial charge in [0.1, 0.15) is 10.7 Å². The Balaban J connectivity index is 2.39. The second-order valence-electron chi connectivity index (χ2n) is 2.63. The van der Waals surface area contributed by atoms with Gasteiger partial charge in [-0.3, -0.25) is 15.1 Å². The molecule has 0 aromatic carbocycles. The van der Waals surface area contributed by atoms with E-state index in [-0.39, 0.29) is 5.88 Å². The highest BCUT2D eigenvalue weighted by molar-refractivity contribution is 5.57. The summed E-state index contributed by atoms with van der Waals surface area (Å²) >= 11 is 0. The van der Waals surface area contributed by atoms with Crippen LogP contribution in [-0.4, -0.2) is 9.91 Å². The molecule has 0 radical (unpaired) electrons. The Morgan fingerprint density at radius 3 is 2.50 bits per heavy atom. The van der Waals surface area contributed by atoms with Crippen molar-refractivity contribution in [3.8, 4) is 11.3 Å². The van der Waals surface area contributed by atoms with Crippen molar-refractivity contribution in [2.45, 2.75) is 0 Å². The average Bonchev–Trinajstić information content (AvgIpc) is 2.68. The highest BCUT2D eigenvalue weighted by atomic mass is 16.6. The average molecular weight is 190 g/mol. The molecule has 0 bridgehead atoms. The van der Waals surface area contributed by atoms with Crippen LogP contribution in [0.4, 0.5) is 5.88 Å². The van der Waals surface area contributed by atoms with Gasteiger partial charge in [-0.05, 0) is 18.2 Å². The summed E-state index contributed by atoms with van der Waals surface area (Å²) in [6, 6.07) is 6.34. The summed E-state index contributed by atoms with van der Waals surface area (Å²) in [7, 11) is 0. The minimum atomic E-state index is -0.565. The van der Waals surface area contributed by atoms with Crippen molar-refractivity contribution in [2.75, 3.05) is 0 Å². The van der Waals surface area contributed by atoms with E-state index in [4.69, 9.17) is 4.42 Å². The lowest BCUT2D eigenvalue weighted by Crippen LogP contribution is -1.82. The number of hydrogen-bond acceptors (Lipinski definition) is 4. The molecule has 2 rings (SSSR count). The van der Waals surface area contributed by atoms with E-state index in [1.807, 2.05) is 0 Å². The third kappa shape index (κ3) is 1.47. The van der Waals surface area contributed by atoms with Gasteiger partial charge in [0.05, 0.1) is 6.07 Å². The highest BCUT2D eigenvalue weighted by Gasteiger charge is 2.12. The first-order valence-electron chi connectivity index (χ1n) is 3.92. The number of aromatic nitrogens is 1. The molecule has 0 N–H and O–H groups in total. The first-order valence-corrected chi connectivity index (χ1v) is 3.92. The Hall–Kier alpha value is -2.17. The van der Waals surface area contributed by atoms with E-state index in [1.54, 1.807) is 30.6 Å². The SMILES string of the molecule is O=[N+]([O-])c1ccc(-c2ccncc2)o1. The zero-order chi connectivity index (χ0) is 9.97. The molecule has 0 saturated carbocycles. The lowest BCUT2D eigenvalue weighted by Gasteiger charge is -1.92. The van der Waals surface area contributed by atoms with E-state index >= 15 is 0 Å². The van der Waals surface area contributed by atoms with Crippen LogP contribution in [0.3, 0.4) is 0 Å². The van der Waals surface area contributed by atoms with Gasteiger partial charge in [0, 0.05) is 18.0 Å². The maximum atomic E-state index is 10.3. The molecule has 0 fully saturated rings. The standard InChI is InChI=1S/C9H6N2O3/c12-11(13)9-2-1-8(14-9)7-3-5-10-6-4-7/h1-6H. The van der Waals surface area contributed by atoms with E-state index in [0.29, 0.717) is 5.76 Å². The zero-order valence-corrected chi connectivity index (χ0v) is 7.08. The lowest BCUT2D eigenvalue weighted by molar-refractivity contribution is -0.401. The monoisotopic (exact) mass is 190 g/mol. The van der Waals surface area contributed by atoms with Gasteiger partial charge in [0.15, 0.2) is 0 Å². The number of hydrogen-bond donors (Lipinski definition) is 0. The molecule has 14 heavy (non-hydrogen) atoms. The van der Waals surface area contributed by atoms with Gasteiger partial charge in [-0.25, -0.2) is 0 Å². The van der Waals surface area contributed by atoms with E-state index in [0.717, 1.165) is 5.56 Å². The molecule has 0 aliphatic rings. The van der Waals surface area contributed by atoms with Crippen LogP contribution in [0.15, 0.2) is 41.1 Å². The molecule has 0 unspecified atom stereocenters. The molecule has 2 heterocycles. The van der Waals surface area contributed by atoms with Crippen LogP contribution >= 0.6 is 0 Å². The van der Waals surface area contributed by atoms with Crippen molar-refractivity contribution in [1.82, 2.24) is 4.98 Å². The summed E-state index contributed by atoms with van der Waals surface area (Å²) in [5.41, 5.74) is 0.771. The van der Waals surface area contributed by atoms with Gasteiger partial charge in [0.2, 0.25) is 0 Å². The largest absolute Gasteiger partial charge is 0.433 e. The molecule has 0 aliphatic carbocycles. The third-order valence-corrected chi connectivity index (χ3v) is 1.74. The summed E-state index contributed by atoms with van der Waals surface area (Å²) in [6.07, 6.45) is 3.20. The Bertz CT molecular complexity index is 450. The molecular weight excluding hydrogens is 184 g/mol. The maximum absolute atomic E-state index is 10.3. The number of furan rings is 1. The lowest BCUT2D eigenvalue weighted by atomic mass is 10.2. The van der Waals surface area contributed by atoms with E-state index in [2.05, 4.69) is 4.98 Å². The molecule has 2 aromatic rings. The fourth-order valence-electron chi connectivity index (χ4n) is 1.10. The number of rotatable bonds is 2. The van der Waals surface area contributed by atoms with Crippen LogP contribution in [0.1, 0.15) is 0 Å². The van der Waals surface area contributed by atoms with Gasteiger partial charge in [-0.2, -0.15) is 0 Å². The van der Waals surface area contributed by atoms with Gasteiger partial charge in [-0.1, -0.05) is 0 Å². The second-order valence-corrected chi connectivity index (χ2v) is 2.63. The molecule has 5 heteroatoms. The second kappa shape index (κ2) is 3.29. The Morgan fingerprint density at radius 2 is 1.93 bits per heavy atom. The molecule has 0 atom stereocenters. The summed E-state index contributed by atoms with van der Waals surface area (Å²) in [5, 5.41) is 10.3. The van der Waals surface area contributed by atoms with Crippen LogP contribution < -0.4 is 0 Å². The fourth-order valence-corrected chi connectivity index (χ4v) is 1.10. The van der Waals surface area contributed by atoms with Crippen LogP contribution in [0.25, 0.3) is 11.3 Å². The molecule has 70 valence electrons. The van der Waals surface area contributed by atoms with Gasteiger partial charge in [-0.15, -0.1) is 0 Å². The molecule has 0 amide bonds. The first kappa shape index (κ1) is 8.43. The van der Waals surface area contributed by atoms with Gasteiger partial charge in [0.25, 0.3) is 0 Å². The van der Waals surface area contributed by atoms with E-state index < -0.39 is 4.92 Å². The first-order chi connectivity index (χ1) is 6.77. The quantitative estimate of drug-likeness (QED) is 0.537. The zero-order valence-electron chi connectivity index (χ0n) is 7.08. The van der Waals surface area contributed by atoms with Crippen molar-refractivity contribution in [2.24, 2.45) is 0 Å². The number of pyridine rings is 1. The number of nitrogens with zero attached hydrogens (tertiary/aromatic N) is 2. The van der Waals surface area contributed by atoms with Crippen LogP contribution in [0.5, 0.6) is 0 Å². The van der Waals surface area contributed by atoms with Crippen molar-refractivity contribution < 1.29 is 9.34 Å². The normalized spacial score (nSPS) is 10.0. The Kier molecular flexibility index (Phi) is 1.98. The summed E-state index contributed by atoms with van der Waals surface area (Å²) in [6.45, 7) is 0. The molecule has 0 spiro atoms. The van der Waals surface area contributed by atoms with Gasteiger partial charge < -0.3 is 4.42 Å². The molecule has 0 saturated heterocycles. The van der Waals surface area contributed by atoms with Crippen molar-refractivity contribution in [3.63, 3.8) is 0 Å². The van der Waals surface area contributed by atoms with E-state index in [1.165, 1.54) is 6.07 Å². The third-order valence-electron chi connectivity index (χ3n) is 1.74. The van der Waals surface area contributed by atoms with Gasteiger partial charge >= 0.3 is 5.88 Å². The van der Waals surface area contributed by atoms with Crippen LogP contribution in [0.2, 0.25) is 0 Å². The Labute approximate surface area is 79.2 Å². The topological polar surface area (TPSA) is 69.2 Å². The smallest absolute Gasteiger partial charge is 0.401 e. The summed E-state index contributed by atoms with van der Waals surface area (Å²) < 4.78 is 5.00. The maximum Gasteiger partial charge on any atom is 0.433 e. The van der Waals surface area contributed by atoms with Crippen molar-refractivity contribution in [3.05, 3.63) is 46.8 Å². The fraction of sp³-hybridized carbons (Fsp3) is 0. The van der Waals surface area contributed by atoms with Crippen molar-refractivity contribution >= 4 is 5.88 Å². The minimum Gasteiger partial charge on any atom is -0.401 e. The summed E-state index contributed by atoms with van der Waals surface area (Å²) in [5.74, 6) is 0.218. The number of nitro groups is 1. The molecule has 5 nitrogen and oxygen atoms in total. The van der Waals surface area contributed by atoms with Crippen LogP contribution in [-0.2, 0) is 0 Å². The van der Waals surface area contributed by atoms with Crippen LogP contribution in [0, 0.1) is 10.1 Å². The highest BCUT2D eigenvalue weighted by Crippen LogP contribution is 2.24. The molecule has 2 aromatic heterocycles. The molecule has 0 aliphatic heterocycles. The molecular formula is C9H6N2O3. The van der Waals surface area contributed by atoms with E-state index in [9.17, 15) is 10.1 Å². The predicted octanol–water partition coefficient (Wildman–Crippen LogP) is 2.25. The minimum absolute atomic E-state index is 0.253. The van der Waals surface area contributed by atoms with Crippen molar-refractivity contribution in [1.29, 1.82) is 0 Å². The summed E-state index contributed by atoms with van der Waals surface area (Å²) in [4.78, 5) is 13.6. The predicted molar refractivity (Wildman–Crippen MR) is 48.6 cm³/mol. The Morgan fingerprint density at radius 1 is 1.21 bits per heavy atom.